The molecule has 4 amide bonds. The maximum atomic E-state index is 13.5. The number of phenols is 1. The molecule has 3 aliphatic rings. The number of carbonyl (C=O) groups excluding carboxylic acids is 4. The SMILES string of the molecule is O=C(CNC(=O)C1CCCN1C(=O)C1CCCN1)NC(Cc1ccc(O)cc1)C(=O)N1Cc2ccccc2C1. The smallest absolute Gasteiger partial charge is 0.246 e. The summed E-state index contributed by atoms with van der Waals surface area (Å²) >= 11 is 0. The molecule has 3 aliphatic heterocycles. The Morgan fingerprint density at radius 1 is 0.974 bits per heavy atom. The van der Waals surface area contributed by atoms with Crippen LogP contribution in [0, 0.1) is 0 Å². The predicted octanol–water partition coefficient (Wildman–Crippen LogP) is 0.821. The first-order valence-corrected chi connectivity index (χ1v) is 13.6. The first kappa shape index (κ1) is 26.7. The van der Waals surface area contributed by atoms with Crippen LogP contribution >= 0.6 is 0 Å². The van der Waals surface area contributed by atoms with Gasteiger partial charge in [-0.05, 0) is 61.1 Å². The number of amides is 4. The van der Waals surface area contributed by atoms with E-state index in [1.165, 1.54) is 0 Å². The zero-order chi connectivity index (χ0) is 27.4. The Morgan fingerprint density at radius 2 is 1.69 bits per heavy atom. The van der Waals surface area contributed by atoms with Crippen LogP contribution in [0.5, 0.6) is 5.75 Å². The van der Waals surface area contributed by atoms with Crippen LogP contribution in [0.15, 0.2) is 48.5 Å². The maximum absolute atomic E-state index is 13.5. The summed E-state index contributed by atoms with van der Waals surface area (Å²) in [4.78, 5) is 55.7. The van der Waals surface area contributed by atoms with Crippen molar-refractivity contribution >= 4 is 23.6 Å². The molecule has 2 fully saturated rings. The summed E-state index contributed by atoms with van der Waals surface area (Å²) in [6.45, 7) is 1.97. The van der Waals surface area contributed by atoms with Crippen molar-refractivity contribution in [2.45, 2.75) is 63.3 Å². The molecule has 10 heteroatoms. The standard InChI is InChI=1S/C29H35N5O5/c35-22-11-9-19(10-12-22)15-24(28(38)33-17-20-5-1-2-6-21(20)18-33)32-26(36)16-31-27(37)25-8-4-14-34(25)29(39)23-7-3-13-30-23/h1-2,5-6,9-12,23-25,30,35H,3-4,7-8,13-18H2,(H,31,37)(H,32,36). The Kier molecular flexibility index (Phi) is 8.11. The second-order valence-electron chi connectivity index (χ2n) is 10.5. The molecule has 0 saturated carbocycles. The summed E-state index contributed by atoms with van der Waals surface area (Å²) < 4.78 is 0. The summed E-state index contributed by atoms with van der Waals surface area (Å²) in [5, 5.41) is 18.3. The van der Waals surface area contributed by atoms with Crippen molar-refractivity contribution < 1.29 is 24.3 Å². The first-order valence-electron chi connectivity index (χ1n) is 13.6. The molecular weight excluding hydrogens is 498 g/mol. The molecule has 206 valence electrons. The second kappa shape index (κ2) is 11.9. The Hall–Kier alpha value is -3.92. The van der Waals surface area contributed by atoms with Crippen molar-refractivity contribution in [3.63, 3.8) is 0 Å². The summed E-state index contributed by atoms with van der Waals surface area (Å²) in [7, 11) is 0. The molecule has 0 aliphatic carbocycles. The summed E-state index contributed by atoms with van der Waals surface area (Å²) in [5.41, 5.74) is 2.94. The van der Waals surface area contributed by atoms with Gasteiger partial charge < -0.3 is 30.9 Å². The highest BCUT2D eigenvalue weighted by Gasteiger charge is 2.38. The summed E-state index contributed by atoms with van der Waals surface area (Å²) in [5.74, 6) is -0.987. The number of fused-ring (bicyclic) bond motifs is 1. The molecule has 3 atom stereocenters. The molecule has 10 nitrogen and oxygen atoms in total. The Morgan fingerprint density at radius 3 is 2.36 bits per heavy atom. The molecule has 3 heterocycles. The van der Waals surface area contributed by atoms with Gasteiger partial charge in [0.05, 0.1) is 12.6 Å². The number of nitrogens with one attached hydrogen (secondary N) is 3. The molecule has 0 spiro atoms. The highest BCUT2D eigenvalue weighted by molar-refractivity contribution is 5.94. The molecule has 39 heavy (non-hydrogen) atoms. The average molecular weight is 534 g/mol. The van der Waals surface area contributed by atoms with E-state index in [4.69, 9.17) is 0 Å². The number of phenolic OH excluding ortho intramolecular Hbond substituents is 1. The molecule has 0 bridgehead atoms. The zero-order valence-electron chi connectivity index (χ0n) is 21.9. The number of likely N-dealkylation sites (tertiary alicyclic amines) is 1. The van der Waals surface area contributed by atoms with Crippen LogP contribution in [0.3, 0.4) is 0 Å². The van der Waals surface area contributed by atoms with Crippen molar-refractivity contribution in [1.82, 2.24) is 25.8 Å². The highest BCUT2D eigenvalue weighted by Crippen LogP contribution is 2.24. The largest absolute Gasteiger partial charge is 0.508 e. The number of hydrogen-bond acceptors (Lipinski definition) is 6. The van der Waals surface area contributed by atoms with Crippen molar-refractivity contribution in [3.05, 3.63) is 65.2 Å². The number of rotatable bonds is 8. The van der Waals surface area contributed by atoms with Crippen LogP contribution in [0.1, 0.15) is 42.4 Å². The molecule has 0 radical (unpaired) electrons. The van der Waals surface area contributed by atoms with Crippen molar-refractivity contribution in [2.75, 3.05) is 19.6 Å². The fourth-order valence-electron chi connectivity index (χ4n) is 5.71. The maximum Gasteiger partial charge on any atom is 0.246 e. The minimum Gasteiger partial charge on any atom is -0.508 e. The highest BCUT2D eigenvalue weighted by atomic mass is 16.3. The number of carbonyl (C=O) groups is 4. The normalized spacial score (nSPS) is 20.9. The molecule has 4 N–H and O–H groups in total. The van der Waals surface area contributed by atoms with E-state index in [1.807, 2.05) is 24.3 Å². The second-order valence-corrected chi connectivity index (χ2v) is 10.5. The first-order chi connectivity index (χ1) is 18.9. The van der Waals surface area contributed by atoms with Crippen LogP contribution in [0.25, 0.3) is 0 Å². The van der Waals surface area contributed by atoms with E-state index in [0.717, 1.165) is 42.5 Å². The van der Waals surface area contributed by atoms with Crippen molar-refractivity contribution in [1.29, 1.82) is 0 Å². The summed E-state index contributed by atoms with van der Waals surface area (Å²) in [6.07, 6.45) is 3.25. The van der Waals surface area contributed by atoms with E-state index in [1.54, 1.807) is 34.1 Å². The van der Waals surface area contributed by atoms with Crippen LogP contribution in [-0.2, 0) is 38.7 Å². The molecule has 5 rings (SSSR count). The van der Waals surface area contributed by atoms with E-state index < -0.39 is 18.0 Å². The lowest BCUT2D eigenvalue weighted by atomic mass is 10.0. The van der Waals surface area contributed by atoms with E-state index in [2.05, 4.69) is 16.0 Å². The van der Waals surface area contributed by atoms with Crippen LogP contribution in [0.2, 0.25) is 0 Å². The molecule has 3 unspecified atom stereocenters. The van der Waals surface area contributed by atoms with E-state index in [9.17, 15) is 24.3 Å². The van der Waals surface area contributed by atoms with Gasteiger partial charge in [-0.2, -0.15) is 0 Å². The van der Waals surface area contributed by atoms with Gasteiger partial charge in [0, 0.05) is 26.1 Å². The van der Waals surface area contributed by atoms with Crippen molar-refractivity contribution in [2.24, 2.45) is 0 Å². The third kappa shape index (κ3) is 6.22. The van der Waals surface area contributed by atoms with Gasteiger partial charge in [-0.15, -0.1) is 0 Å². The molecule has 2 saturated heterocycles. The third-order valence-electron chi connectivity index (χ3n) is 7.78. The van der Waals surface area contributed by atoms with Crippen LogP contribution in [0.4, 0.5) is 0 Å². The Balaban J connectivity index is 1.20. The molecular formula is C29H35N5O5. The molecule has 2 aromatic carbocycles. The van der Waals surface area contributed by atoms with E-state index in [-0.39, 0.29) is 42.5 Å². The van der Waals surface area contributed by atoms with Gasteiger partial charge in [-0.25, -0.2) is 0 Å². The zero-order valence-corrected chi connectivity index (χ0v) is 21.9. The minimum atomic E-state index is -0.841. The number of benzene rings is 2. The van der Waals surface area contributed by atoms with Gasteiger partial charge in [-0.3, -0.25) is 19.2 Å². The Labute approximate surface area is 227 Å². The molecule has 0 aromatic heterocycles. The fraction of sp³-hybridized carbons (Fsp3) is 0.448. The number of hydrogen-bond donors (Lipinski definition) is 4. The van der Waals surface area contributed by atoms with E-state index in [0.29, 0.717) is 26.1 Å². The van der Waals surface area contributed by atoms with Gasteiger partial charge in [-0.1, -0.05) is 36.4 Å². The number of aromatic hydroxyl groups is 1. The van der Waals surface area contributed by atoms with Gasteiger partial charge in [0.25, 0.3) is 0 Å². The lowest BCUT2D eigenvalue weighted by Gasteiger charge is -2.27. The fourth-order valence-corrected chi connectivity index (χ4v) is 5.71. The van der Waals surface area contributed by atoms with Gasteiger partial charge >= 0.3 is 0 Å². The average Bonchev–Trinajstić information content (AvgIpc) is 3.72. The topological polar surface area (TPSA) is 131 Å². The van der Waals surface area contributed by atoms with Crippen LogP contribution < -0.4 is 16.0 Å². The van der Waals surface area contributed by atoms with Crippen molar-refractivity contribution in [3.8, 4) is 5.75 Å². The van der Waals surface area contributed by atoms with Gasteiger partial charge in [0.15, 0.2) is 0 Å². The van der Waals surface area contributed by atoms with Gasteiger partial charge in [0.2, 0.25) is 23.6 Å². The quantitative estimate of drug-likeness (QED) is 0.398. The lowest BCUT2D eigenvalue weighted by molar-refractivity contribution is -0.140. The minimum absolute atomic E-state index is 0.0548. The van der Waals surface area contributed by atoms with E-state index >= 15 is 0 Å². The summed E-state index contributed by atoms with van der Waals surface area (Å²) in [6, 6.07) is 12.7. The third-order valence-corrected chi connectivity index (χ3v) is 7.78. The lowest BCUT2D eigenvalue weighted by Crippen LogP contribution is -2.54. The number of nitrogens with zero attached hydrogens (tertiary/aromatic N) is 2. The van der Waals surface area contributed by atoms with Crippen LogP contribution in [-0.4, -0.2) is 76.3 Å². The monoisotopic (exact) mass is 533 g/mol. The van der Waals surface area contributed by atoms with Gasteiger partial charge in [0.1, 0.15) is 17.8 Å². The predicted molar refractivity (Wildman–Crippen MR) is 143 cm³/mol. The Bertz CT molecular complexity index is 1200. The molecule has 2 aromatic rings.